The fraction of sp³-hybridized carbons (Fsp3) is 0.462. The van der Waals surface area contributed by atoms with Gasteiger partial charge in [0.05, 0.1) is 15.4 Å². The van der Waals surface area contributed by atoms with E-state index in [1.807, 2.05) is 24.3 Å². The standard InChI is InChI=1S/C39H46ClN5O6S/c1-27-25-44(19-18-43(27)26-30-23-39(16-17-39)15-12-33(30)29-6-8-31(40)9-7-29)36-5-3-2-4-34(36)38(46)42-52(49,50)32-10-11-35(37(22-32)45(47)48)41-24-28-13-20-51-21-14-28/h2-11,22,27-28,41H,12-21,23-26H2,1H3,(H,42,46). The number of sulfonamides is 1. The number of para-hydroxylation sites is 1. The lowest BCUT2D eigenvalue weighted by Gasteiger charge is -2.43. The number of allylic oxidation sites excluding steroid dienone is 1. The molecule has 1 saturated carbocycles. The number of amides is 1. The largest absolute Gasteiger partial charge is 0.381 e. The van der Waals surface area contributed by atoms with Crippen LogP contribution in [0.3, 0.4) is 0 Å². The molecule has 7 rings (SSSR count). The van der Waals surface area contributed by atoms with Crippen molar-refractivity contribution >= 4 is 50.2 Å². The molecule has 1 spiro atoms. The quantitative estimate of drug-likeness (QED) is 0.155. The van der Waals surface area contributed by atoms with Gasteiger partial charge in [-0.25, -0.2) is 13.1 Å². The van der Waals surface area contributed by atoms with E-state index in [9.17, 15) is 23.3 Å². The van der Waals surface area contributed by atoms with Gasteiger partial charge in [-0.3, -0.25) is 19.8 Å². The van der Waals surface area contributed by atoms with Crippen molar-refractivity contribution in [3.63, 3.8) is 0 Å². The third kappa shape index (κ3) is 8.15. The van der Waals surface area contributed by atoms with Gasteiger partial charge in [-0.1, -0.05) is 41.4 Å². The molecule has 11 nitrogen and oxygen atoms in total. The maximum atomic E-state index is 13.6. The molecule has 13 heteroatoms. The van der Waals surface area contributed by atoms with Gasteiger partial charge in [-0.2, -0.15) is 0 Å². The topological polar surface area (TPSA) is 134 Å². The summed E-state index contributed by atoms with van der Waals surface area (Å²) in [6, 6.07) is 19.1. The molecule has 52 heavy (non-hydrogen) atoms. The second kappa shape index (κ2) is 15.2. The molecular weight excluding hydrogens is 702 g/mol. The Labute approximate surface area is 310 Å². The fourth-order valence-corrected chi connectivity index (χ4v) is 9.14. The molecule has 3 aromatic rings. The Bertz CT molecular complexity index is 1960. The Hall–Kier alpha value is -3.97. The van der Waals surface area contributed by atoms with Crippen LogP contribution in [0.15, 0.2) is 77.2 Å². The third-order valence-corrected chi connectivity index (χ3v) is 12.9. The number of nitrogens with zero attached hydrogens (tertiary/aromatic N) is 3. The number of anilines is 2. The number of nitro groups is 1. The molecule has 0 radical (unpaired) electrons. The molecule has 1 atom stereocenters. The zero-order chi connectivity index (χ0) is 36.5. The van der Waals surface area contributed by atoms with Gasteiger partial charge in [0.25, 0.3) is 21.6 Å². The van der Waals surface area contributed by atoms with Gasteiger partial charge >= 0.3 is 0 Å². The first-order valence-electron chi connectivity index (χ1n) is 18.2. The second-order valence-corrected chi connectivity index (χ2v) is 17.0. The van der Waals surface area contributed by atoms with Gasteiger partial charge in [0.15, 0.2) is 0 Å². The van der Waals surface area contributed by atoms with Crippen LogP contribution in [0.2, 0.25) is 5.02 Å². The smallest absolute Gasteiger partial charge is 0.293 e. The summed E-state index contributed by atoms with van der Waals surface area (Å²) in [5.74, 6) is -0.482. The van der Waals surface area contributed by atoms with Gasteiger partial charge in [0.1, 0.15) is 5.69 Å². The van der Waals surface area contributed by atoms with E-state index < -0.39 is 20.9 Å². The number of nitrogens with one attached hydrogen (secondary N) is 2. The van der Waals surface area contributed by atoms with Crippen molar-refractivity contribution in [2.45, 2.75) is 62.8 Å². The monoisotopic (exact) mass is 747 g/mol. The maximum Gasteiger partial charge on any atom is 0.293 e. The minimum absolute atomic E-state index is 0.184. The van der Waals surface area contributed by atoms with E-state index in [-0.39, 0.29) is 27.9 Å². The molecule has 2 aliphatic carbocycles. The lowest BCUT2D eigenvalue weighted by molar-refractivity contribution is -0.384. The van der Waals surface area contributed by atoms with Crippen molar-refractivity contribution in [1.29, 1.82) is 0 Å². The molecule has 1 unspecified atom stereocenters. The molecule has 0 bridgehead atoms. The Morgan fingerprint density at radius 2 is 1.79 bits per heavy atom. The number of hydrogen-bond donors (Lipinski definition) is 2. The first kappa shape index (κ1) is 36.4. The average Bonchev–Trinajstić information content (AvgIpc) is 3.90. The molecule has 2 N–H and O–H groups in total. The van der Waals surface area contributed by atoms with Crippen LogP contribution in [0.5, 0.6) is 0 Å². The number of rotatable bonds is 11. The summed E-state index contributed by atoms with van der Waals surface area (Å²) >= 11 is 6.21. The van der Waals surface area contributed by atoms with Gasteiger partial charge < -0.3 is 15.0 Å². The lowest BCUT2D eigenvalue weighted by Crippen LogP contribution is -2.53. The van der Waals surface area contributed by atoms with E-state index >= 15 is 0 Å². The van der Waals surface area contributed by atoms with Gasteiger partial charge in [-0.05, 0) is 111 Å². The van der Waals surface area contributed by atoms with Gasteiger partial charge in [0.2, 0.25) is 0 Å². The van der Waals surface area contributed by atoms with E-state index in [0.29, 0.717) is 49.9 Å². The zero-order valence-electron chi connectivity index (χ0n) is 29.5. The highest BCUT2D eigenvalue weighted by atomic mass is 35.5. The maximum absolute atomic E-state index is 13.6. The highest BCUT2D eigenvalue weighted by Gasteiger charge is 2.45. The van der Waals surface area contributed by atoms with Crippen LogP contribution in [-0.2, 0) is 14.8 Å². The molecule has 3 aromatic carbocycles. The number of halogens is 1. The van der Waals surface area contributed by atoms with Crippen LogP contribution in [0.25, 0.3) is 5.57 Å². The Morgan fingerprint density at radius 1 is 1.04 bits per heavy atom. The van der Waals surface area contributed by atoms with Crippen molar-refractivity contribution in [3.05, 3.63) is 98.6 Å². The van der Waals surface area contributed by atoms with E-state index in [2.05, 4.69) is 38.9 Å². The number of nitro benzene ring substituents is 1. The number of ether oxygens (including phenoxy) is 1. The summed E-state index contributed by atoms with van der Waals surface area (Å²) in [6.45, 7) is 7.03. The molecule has 4 aliphatic rings. The minimum Gasteiger partial charge on any atom is -0.381 e. The van der Waals surface area contributed by atoms with Crippen LogP contribution in [-0.4, -0.2) is 76.1 Å². The second-order valence-electron chi connectivity index (χ2n) is 14.9. The highest BCUT2D eigenvalue weighted by Crippen LogP contribution is 2.58. The summed E-state index contributed by atoms with van der Waals surface area (Å²) in [6.07, 6.45) is 7.76. The van der Waals surface area contributed by atoms with E-state index in [4.69, 9.17) is 16.3 Å². The fourth-order valence-electron chi connectivity index (χ4n) is 8.02. The van der Waals surface area contributed by atoms with E-state index in [1.54, 1.807) is 12.1 Å². The third-order valence-electron chi connectivity index (χ3n) is 11.3. The molecule has 3 fully saturated rings. The summed E-state index contributed by atoms with van der Waals surface area (Å²) < 4.78 is 34.5. The van der Waals surface area contributed by atoms with Crippen molar-refractivity contribution in [2.24, 2.45) is 11.3 Å². The van der Waals surface area contributed by atoms with Crippen LogP contribution >= 0.6 is 11.6 Å². The lowest BCUT2D eigenvalue weighted by atomic mass is 9.78. The first-order valence-corrected chi connectivity index (χ1v) is 20.1. The Morgan fingerprint density at radius 3 is 2.50 bits per heavy atom. The van der Waals surface area contributed by atoms with Crippen molar-refractivity contribution in [2.75, 3.05) is 56.2 Å². The predicted molar refractivity (Wildman–Crippen MR) is 203 cm³/mol. The number of carbonyl (C=O) groups is 1. The molecule has 2 heterocycles. The van der Waals surface area contributed by atoms with Gasteiger partial charge in [-0.15, -0.1) is 0 Å². The van der Waals surface area contributed by atoms with E-state index in [1.165, 1.54) is 48.1 Å². The van der Waals surface area contributed by atoms with Crippen LogP contribution in [0.1, 0.15) is 67.8 Å². The predicted octanol–water partition coefficient (Wildman–Crippen LogP) is 7.13. The number of benzene rings is 3. The van der Waals surface area contributed by atoms with Gasteiger partial charge in [0, 0.05) is 68.8 Å². The molecule has 1 amide bonds. The normalized spacial score (nSPS) is 20.9. The molecule has 0 aromatic heterocycles. The van der Waals surface area contributed by atoms with Crippen LogP contribution in [0.4, 0.5) is 17.1 Å². The van der Waals surface area contributed by atoms with Crippen molar-refractivity contribution in [3.8, 4) is 0 Å². The summed E-state index contributed by atoms with van der Waals surface area (Å²) in [5, 5.41) is 15.8. The Kier molecular flexibility index (Phi) is 10.6. The Balaban J connectivity index is 1.03. The van der Waals surface area contributed by atoms with E-state index in [0.717, 1.165) is 49.9 Å². The number of piperazine rings is 1. The SMILES string of the molecule is CC1CN(c2ccccc2C(=O)NS(=O)(=O)c2ccc(NCC3CCOCC3)c([N+](=O)[O-])c2)CCN1CC1=C(c2ccc(Cl)cc2)CCC2(CC2)C1. The average molecular weight is 748 g/mol. The zero-order valence-corrected chi connectivity index (χ0v) is 31.1. The molecule has 2 saturated heterocycles. The summed E-state index contributed by atoms with van der Waals surface area (Å²) in [4.78, 5) is 29.3. The van der Waals surface area contributed by atoms with Crippen molar-refractivity contribution in [1.82, 2.24) is 9.62 Å². The first-order chi connectivity index (χ1) is 25.0. The highest BCUT2D eigenvalue weighted by molar-refractivity contribution is 7.90. The minimum atomic E-state index is -4.42. The number of hydrogen-bond acceptors (Lipinski definition) is 9. The van der Waals surface area contributed by atoms with Crippen molar-refractivity contribution < 1.29 is 22.9 Å². The molecular formula is C39H46ClN5O6S. The van der Waals surface area contributed by atoms with Crippen LogP contribution in [0, 0.1) is 21.4 Å². The van der Waals surface area contributed by atoms with Crippen LogP contribution < -0.4 is 14.9 Å². The number of carbonyl (C=O) groups excluding carboxylic acids is 1. The summed E-state index contributed by atoms with van der Waals surface area (Å²) in [7, 11) is -4.42. The summed E-state index contributed by atoms with van der Waals surface area (Å²) in [5.41, 5.74) is 5.42. The molecule has 2 aliphatic heterocycles. The molecule has 276 valence electrons.